The van der Waals surface area contributed by atoms with Crippen molar-refractivity contribution in [2.45, 2.75) is 19.3 Å². The van der Waals surface area contributed by atoms with Crippen LogP contribution in [0.25, 0.3) is 0 Å². The van der Waals surface area contributed by atoms with Gasteiger partial charge in [0.15, 0.2) is 5.76 Å². The van der Waals surface area contributed by atoms with Gasteiger partial charge in [-0.1, -0.05) is 11.6 Å². The number of aromatic nitrogens is 2. The first-order valence-corrected chi connectivity index (χ1v) is 8.14. The quantitative estimate of drug-likeness (QED) is 0.592. The van der Waals surface area contributed by atoms with E-state index in [1.54, 1.807) is 0 Å². The van der Waals surface area contributed by atoms with Gasteiger partial charge in [-0.3, -0.25) is 9.48 Å². The van der Waals surface area contributed by atoms with E-state index in [0.29, 0.717) is 10.4 Å². The fourth-order valence-corrected chi connectivity index (χ4v) is 2.43. The van der Waals surface area contributed by atoms with Gasteiger partial charge in [0.1, 0.15) is 30.5 Å². The van der Waals surface area contributed by atoms with Crippen molar-refractivity contribution in [3.63, 3.8) is 0 Å². The maximum atomic E-state index is 13.0. The Bertz CT molecular complexity index is 984. The molecule has 2 heterocycles. The third-order valence-electron chi connectivity index (χ3n) is 3.38. The highest BCUT2D eigenvalue weighted by molar-refractivity contribution is 6.32. The van der Waals surface area contributed by atoms with E-state index in [2.05, 4.69) is 10.4 Å². The minimum Gasteiger partial charge on any atom is -0.484 e. The molecule has 0 aliphatic heterocycles. The summed E-state index contributed by atoms with van der Waals surface area (Å²) in [6, 6.07) is 6.49. The lowest BCUT2D eigenvalue weighted by Gasteiger charge is -2.06. The first-order chi connectivity index (χ1) is 13.2. The number of alkyl halides is 3. The number of benzene rings is 1. The number of hydrogen-bond donors (Lipinski definition) is 1. The van der Waals surface area contributed by atoms with Crippen LogP contribution in [0.3, 0.4) is 0 Å². The van der Waals surface area contributed by atoms with Gasteiger partial charge in [-0.25, -0.2) is 4.39 Å². The Kier molecular flexibility index (Phi) is 5.59. The molecule has 1 N–H and O–H groups in total. The predicted octanol–water partition coefficient (Wildman–Crippen LogP) is 4.66. The molecule has 0 spiro atoms. The molecule has 3 rings (SSSR count). The third kappa shape index (κ3) is 5.26. The molecule has 0 aliphatic carbocycles. The Morgan fingerprint density at radius 3 is 2.79 bits per heavy atom. The minimum atomic E-state index is -4.42. The Morgan fingerprint density at radius 1 is 1.29 bits per heavy atom. The highest BCUT2D eigenvalue weighted by Crippen LogP contribution is 2.26. The molecule has 0 fully saturated rings. The van der Waals surface area contributed by atoms with Gasteiger partial charge in [0, 0.05) is 6.20 Å². The average Bonchev–Trinajstić information content (AvgIpc) is 3.22. The SMILES string of the molecule is O=C(Nc1cnn(CC(F)(F)F)c1)c1ccc(COc2ccc(F)cc2Cl)o1. The first-order valence-electron chi connectivity index (χ1n) is 7.77. The molecule has 3 aromatic rings. The van der Waals surface area contributed by atoms with E-state index in [0.717, 1.165) is 18.5 Å². The number of anilines is 1. The zero-order chi connectivity index (χ0) is 20.3. The lowest BCUT2D eigenvalue weighted by Crippen LogP contribution is -2.17. The van der Waals surface area contributed by atoms with Crippen LogP contribution >= 0.6 is 11.6 Å². The fraction of sp³-hybridized carbons (Fsp3) is 0.176. The standard InChI is InChI=1S/C17H12ClF4N3O3/c18-13-5-10(19)1-3-14(13)27-8-12-2-4-15(28-12)16(26)24-11-6-23-25(7-11)9-17(20,21)22/h1-7H,8-9H2,(H,24,26). The molecule has 148 valence electrons. The molecular weight excluding hydrogens is 406 g/mol. The molecule has 0 saturated carbocycles. The summed E-state index contributed by atoms with van der Waals surface area (Å²) in [4.78, 5) is 12.1. The summed E-state index contributed by atoms with van der Waals surface area (Å²) in [7, 11) is 0. The van der Waals surface area contributed by atoms with Crippen molar-refractivity contribution >= 4 is 23.2 Å². The van der Waals surface area contributed by atoms with E-state index >= 15 is 0 Å². The van der Waals surface area contributed by atoms with Crippen molar-refractivity contribution in [2.24, 2.45) is 0 Å². The molecule has 0 saturated heterocycles. The highest BCUT2D eigenvalue weighted by Gasteiger charge is 2.28. The van der Waals surface area contributed by atoms with Crippen molar-refractivity contribution in [3.05, 3.63) is 65.1 Å². The Labute approximate surface area is 160 Å². The van der Waals surface area contributed by atoms with Gasteiger partial charge in [0.25, 0.3) is 5.91 Å². The van der Waals surface area contributed by atoms with E-state index in [4.69, 9.17) is 20.8 Å². The molecule has 0 unspecified atom stereocenters. The summed E-state index contributed by atoms with van der Waals surface area (Å²) < 4.78 is 61.3. The van der Waals surface area contributed by atoms with Crippen LogP contribution in [0.2, 0.25) is 5.02 Å². The van der Waals surface area contributed by atoms with E-state index in [-0.39, 0.29) is 28.8 Å². The summed E-state index contributed by atoms with van der Waals surface area (Å²) >= 11 is 5.85. The average molecular weight is 418 g/mol. The maximum Gasteiger partial charge on any atom is 0.408 e. The summed E-state index contributed by atoms with van der Waals surface area (Å²) in [6.45, 7) is -1.33. The molecule has 28 heavy (non-hydrogen) atoms. The molecule has 0 aliphatic rings. The molecule has 6 nitrogen and oxygen atoms in total. The number of halogens is 5. The molecule has 0 atom stereocenters. The largest absolute Gasteiger partial charge is 0.484 e. The number of nitrogens with one attached hydrogen (secondary N) is 1. The fourth-order valence-electron chi connectivity index (χ4n) is 2.21. The smallest absolute Gasteiger partial charge is 0.408 e. The number of furan rings is 1. The highest BCUT2D eigenvalue weighted by atomic mass is 35.5. The van der Waals surface area contributed by atoms with Crippen LogP contribution in [-0.2, 0) is 13.2 Å². The second kappa shape index (κ2) is 7.93. The van der Waals surface area contributed by atoms with Crippen molar-refractivity contribution in [1.82, 2.24) is 9.78 Å². The Hall–Kier alpha value is -3.01. The van der Waals surface area contributed by atoms with Gasteiger partial charge in [-0.15, -0.1) is 0 Å². The van der Waals surface area contributed by atoms with Gasteiger partial charge in [0.2, 0.25) is 0 Å². The van der Waals surface area contributed by atoms with Crippen LogP contribution < -0.4 is 10.1 Å². The topological polar surface area (TPSA) is 69.3 Å². The first kappa shape index (κ1) is 19.7. The van der Waals surface area contributed by atoms with Gasteiger partial charge in [-0.2, -0.15) is 18.3 Å². The second-order valence-corrected chi connectivity index (χ2v) is 6.03. The molecule has 11 heteroatoms. The minimum absolute atomic E-state index is 0.0673. The number of rotatable bonds is 6. The van der Waals surface area contributed by atoms with Gasteiger partial charge >= 0.3 is 6.18 Å². The van der Waals surface area contributed by atoms with Crippen LogP contribution in [0, 0.1) is 5.82 Å². The number of nitrogens with zero attached hydrogens (tertiary/aromatic N) is 2. The van der Waals surface area contributed by atoms with Gasteiger partial charge < -0.3 is 14.5 Å². The van der Waals surface area contributed by atoms with Crippen molar-refractivity contribution in [2.75, 3.05) is 5.32 Å². The molecule has 0 bridgehead atoms. The molecule has 1 amide bonds. The molecular formula is C17H12ClF4N3O3. The normalized spacial score (nSPS) is 11.5. The van der Waals surface area contributed by atoms with Crippen molar-refractivity contribution < 1.29 is 31.5 Å². The van der Waals surface area contributed by atoms with Crippen molar-refractivity contribution in [3.8, 4) is 5.75 Å². The second-order valence-electron chi connectivity index (χ2n) is 5.63. The van der Waals surface area contributed by atoms with Crippen LogP contribution in [0.4, 0.5) is 23.2 Å². The molecule has 1 aromatic carbocycles. The van der Waals surface area contributed by atoms with Crippen LogP contribution in [-0.4, -0.2) is 21.9 Å². The van der Waals surface area contributed by atoms with Crippen LogP contribution in [0.5, 0.6) is 5.75 Å². The Morgan fingerprint density at radius 2 is 2.07 bits per heavy atom. The number of carbonyl (C=O) groups excluding carboxylic acids is 1. The molecule has 2 aromatic heterocycles. The van der Waals surface area contributed by atoms with E-state index in [9.17, 15) is 22.4 Å². The number of hydrogen-bond acceptors (Lipinski definition) is 4. The Balaban J connectivity index is 1.58. The van der Waals surface area contributed by atoms with Crippen molar-refractivity contribution in [1.29, 1.82) is 0 Å². The summed E-state index contributed by atoms with van der Waals surface area (Å²) in [5.41, 5.74) is 0.0848. The zero-order valence-electron chi connectivity index (χ0n) is 14.0. The molecule has 0 radical (unpaired) electrons. The van der Waals surface area contributed by atoms with Crippen LogP contribution in [0.1, 0.15) is 16.3 Å². The monoisotopic (exact) mass is 417 g/mol. The van der Waals surface area contributed by atoms with E-state index in [1.165, 1.54) is 24.3 Å². The van der Waals surface area contributed by atoms with E-state index < -0.39 is 24.4 Å². The summed E-state index contributed by atoms with van der Waals surface area (Å²) in [6.07, 6.45) is -2.28. The lowest BCUT2D eigenvalue weighted by atomic mass is 10.3. The maximum absolute atomic E-state index is 13.0. The summed E-state index contributed by atoms with van der Waals surface area (Å²) in [5, 5.41) is 5.99. The predicted molar refractivity (Wildman–Crippen MR) is 90.7 cm³/mol. The number of amides is 1. The number of carbonyl (C=O) groups is 1. The van der Waals surface area contributed by atoms with Gasteiger partial charge in [-0.05, 0) is 30.3 Å². The van der Waals surface area contributed by atoms with E-state index in [1.807, 2.05) is 0 Å². The van der Waals surface area contributed by atoms with Crippen LogP contribution in [0.15, 0.2) is 47.1 Å². The number of ether oxygens (including phenoxy) is 1. The summed E-state index contributed by atoms with van der Waals surface area (Å²) in [5.74, 6) is -0.723. The lowest BCUT2D eigenvalue weighted by molar-refractivity contribution is -0.142. The van der Waals surface area contributed by atoms with Gasteiger partial charge in [0.05, 0.1) is 16.9 Å². The zero-order valence-corrected chi connectivity index (χ0v) is 14.7. The third-order valence-corrected chi connectivity index (χ3v) is 3.68.